The molecule has 0 radical (unpaired) electrons. The van der Waals surface area contributed by atoms with Gasteiger partial charge in [-0.1, -0.05) is 37.3 Å². The molecular weight excluding hydrogens is 380 g/mol. The van der Waals surface area contributed by atoms with Crippen LogP contribution in [0.25, 0.3) is 0 Å². The van der Waals surface area contributed by atoms with Crippen LogP contribution in [0.1, 0.15) is 25.8 Å². The van der Waals surface area contributed by atoms with Crippen LogP contribution < -0.4 is 10.1 Å². The lowest BCUT2D eigenvalue weighted by molar-refractivity contribution is -0.139. The number of ether oxygens (including phenoxy) is 1. The summed E-state index contributed by atoms with van der Waals surface area (Å²) >= 11 is 0. The van der Waals surface area contributed by atoms with Crippen LogP contribution in [-0.2, 0) is 16.2 Å². The standard InChI is InChI=1S/C21H26N2O4.ClH/c1-3-13-23(14-20(24)25)16(2)21(26)22-18-9-11-19(12-10-18)27-15-17-7-5-4-6-8-17;/h4-12,16H,3,13-15H2,1-2H3,(H,22,26)(H,24,25);1H. The van der Waals surface area contributed by atoms with Crippen molar-refractivity contribution in [1.29, 1.82) is 0 Å². The van der Waals surface area contributed by atoms with Gasteiger partial charge in [-0.05, 0) is 49.7 Å². The Balaban J connectivity index is 0.00000392. The van der Waals surface area contributed by atoms with Crippen molar-refractivity contribution in [2.75, 3.05) is 18.4 Å². The summed E-state index contributed by atoms with van der Waals surface area (Å²) < 4.78 is 5.73. The van der Waals surface area contributed by atoms with Crippen LogP contribution in [0.4, 0.5) is 5.69 Å². The van der Waals surface area contributed by atoms with Crippen LogP contribution in [0, 0.1) is 0 Å². The van der Waals surface area contributed by atoms with E-state index in [1.165, 1.54) is 0 Å². The summed E-state index contributed by atoms with van der Waals surface area (Å²) in [4.78, 5) is 25.1. The van der Waals surface area contributed by atoms with E-state index in [1.54, 1.807) is 36.1 Å². The monoisotopic (exact) mass is 406 g/mol. The molecule has 0 fully saturated rings. The predicted octanol–water partition coefficient (Wildman–Crippen LogP) is 3.81. The van der Waals surface area contributed by atoms with Crippen molar-refractivity contribution >= 4 is 30.0 Å². The first-order valence-electron chi connectivity index (χ1n) is 9.03. The average molecular weight is 407 g/mol. The van der Waals surface area contributed by atoms with Gasteiger partial charge < -0.3 is 15.2 Å². The average Bonchev–Trinajstić information content (AvgIpc) is 2.67. The predicted molar refractivity (Wildman–Crippen MR) is 112 cm³/mol. The van der Waals surface area contributed by atoms with Gasteiger partial charge in [-0.2, -0.15) is 0 Å². The Bertz CT molecular complexity index is 738. The zero-order chi connectivity index (χ0) is 19.6. The van der Waals surface area contributed by atoms with Crippen LogP contribution in [-0.4, -0.2) is 41.0 Å². The van der Waals surface area contributed by atoms with Gasteiger partial charge in [0.15, 0.2) is 0 Å². The molecule has 0 aliphatic heterocycles. The van der Waals surface area contributed by atoms with Crippen LogP contribution in [0.5, 0.6) is 5.75 Å². The fourth-order valence-corrected chi connectivity index (χ4v) is 2.66. The molecule has 7 heteroatoms. The molecule has 6 nitrogen and oxygen atoms in total. The molecule has 1 amide bonds. The Morgan fingerprint density at radius 1 is 1.11 bits per heavy atom. The Labute approximate surface area is 171 Å². The Morgan fingerprint density at radius 3 is 2.32 bits per heavy atom. The number of benzene rings is 2. The van der Waals surface area contributed by atoms with Crippen molar-refractivity contribution in [3.63, 3.8) is 0 Å². The number of anilines is 1. The molecule has 2 rings (SSSR count). The third-order valence-corrected chi connectivity index (χ3v) is 4.15. The lowest BCUT2D eigenvalue weighted by atomic mass is 10.2. The van der Waals surface area contributed by atoms with Gasteiger partial charge in [0.1, 0.15) is 12.4 Å². The molecule has 0 aliphatic rings. The van der Waals surface area contributed by atoms with Crippen molar-refractivity contribution in [3.05, 3.63) is 60.2 Å². The number of nitrogens with one attached hydrogen (secondary N) is 1. The maximum absolute atomic E-state index is 12.4. The molecule has 2 N–H and O–H groups in total. The molecule has 0 heterocycles. The van der Waals surface area contributed by atoms with Gasteiger partial charge in [0.2, 0.25) is 5.91 Å². The highest BCUT2D eigenvalue weighted by atomic mass is 35.5. The molecule has 2 aromatic carbocycles. The van der Waals surface area contributed by atoms with Gasteiger partial charge in [0.25, 0.3) is 0 Å². The van der Waals surface area contributed by atoms with E-state index in [1.807, 2.05) is 37.3 Å². The lowest BCUT2D eigenvalue weighted by Crippen LogP contribution is -2.44. The van der Waals surface area contributed by atoms with Crippen molar-refractivity contribution in [2.45, 2.75) is 32.9 Å². The van der Waals surface area contributed by atoms with Crippen molar-refractivity contribution < 1.29 is 19.4 Å². The Kier molecular flexibility index (Phi) is 10.1. The molecule has 0 aliphatic carbocycles. The first kappa shape index (κ1) is 23.5. The number of hydrogen-bond donors (Lipinski definition) is 2. The summed E-state index contributed by atoms with van der Waals surface area (Å²) in [5.41, 5.74) is 1.73. The summed E-state index contributed by atoms with van der Waals surface area (Å²) in [7, 11) is 0. The largest absolute Gasteiger partial charge is 0.489 e. The molecular formula is C21H27ClN2O4. The summed E-state index contributed by atoms with van der Waals surface area (Å²) in [5.74, 6) is -0.464. The highest BCUT2D eigenvalue weighted by Crippen LogP contribution is 2.17. The number of carbonyl (C=O) groups excluding carboxylic acids is 1. The fourth-order valence-electron chi connectivity index (χ4n) is 2.66. The highest BCUT2D eigenvalue weighted by molar-refractivity contribution is 5.94. The number of carboxylic acid groups (broad SMARTS) is 1. The van der Waals surface area contributed by atoms with Gasteiger partial charge in [0.05, 0.1) is 12.6 Å². The molecule has 0 aromatic heterocycles. The minimum absolute atomic E-state index is 0. The third-order valence-electron chi connectivity index (χ3n) is 4.15. The van der Waals surface area contributed by atoms with Crippen molar-refractivity contribution in [1.82, 2.24) is 4.90 Å². The quantitative estimate of drug-likeness (QED) is 0.627. The second kappa shape index (κ2) is 12.0. The Hall–Kier alpha value is -2.57. The van der Waals surface area contributed by atoms with Crippen molar-refractivity contribution in [3.8, 4) is 5.75 Å². The zero-order valence-electron chi connectivity index (χ0n) is 16.1. The molecule has 1 unspecified atom stereocenters. The summed E-state index contributed by atoms with van der Waals surface area (Å²) in [6.45, 7) is 4.53. The maximum Gasteiger partial charge on any atom is 0.317 e. The third kappa shape index (κ3) is 7.58. The zero-order valence-corrected chi connectivity index (χ0v) is 16.9. The fraction of sp³-hybridized carbons (Fsp3) is 0.333. The van der Waals surface area contributed by atoms with E-state index in [0.717, 1.165) is 12.0 Å². The Morgan fingerprint density at radius 2 is 1.75 bits per heavy atom. The van der Waals surface area contributed by atoms with Crippen LogP contribution in [0.3, 0.4) is 0 Å². The van der Waals surface area contributed by atoms with Gasteiger partial charge in [-0.3, -0.25) is 14.5 Å². The van der Waals surface area contributed by atoms with E-state index in [9.17, 15) is 9.59 Å². The van der Waals surface area contributed by atoms with E-state index in [4.69, 9.17) is 9.84 Å². The smallest absolute Gasteiger partial charge is 0.317 e. The summed E-state index contributed by atoms with van der Waals surface area (Å²) in [6.07, 6.45) is 0.776. The maximum atomic E-state index is 12.4. The number of carboxylic acids is 1. The number of aliphatic carboxylic acids is 1. The van der Waals surface area contributed by atoms with E-state index >= 15 is 0 Å². The number of nitrogens with zero attached hydrogens (tertiary/aromatic N) is 1. The van der Waals surface area contributed by atoms with Gasteiger partial charge >= 0.3 is 5.97 Å². The van der Waals surface area contributed by atoms with Crippen LogP contribution >= 0.6 is 12.4 Å². The van der Waals surface area contributed by atoms with E-state index in [-0.39, 0.29) is 24.9 Å². The van der Waals surface area contributed by atoms with E-state index in [2.05, 4.69) is 5.32 Å². The molecule has 2 aromatic rings. The topological polar surface area (TPSA) is 78.9 Å². The van der Waals surface area contributed by atoms with E-state index < -0.39 is 12.0 Å². The molecule has 0 bridgehead atoms. The number of halogens is 1. The molecule has 0 saturated heterocycles. The summed E-state index contributed by atoms with van der Waals surface area (Å²) in [6, 6.07) is 16.5. The molecule has 1 atom stereocenters. The van der Waals surface area contributed by atoms with E-state index in [0.29, 0.717) is 24.6 Å². The summed E-state index contributed by atoms with van der Waals surface area (Å²) in [5, 5.41) is 11.8. The second-order valence-corrected chi connectivity index (χ2v) is 6.33. The molecule has 0 saturated carbocycles. The van der Waals surface area contributed by atoms with Crippen LogP contribution in [0.2, 0.25) is 0 Å². The minimum atomic E-state index is -0.942. The molecule has 152 valence electrons. The van der Waals surface area contributed by atoms with Crippen molar-refractivity contribution in [2.24, 2.45) is 0 Å². The molecule has 0 spiro atoms. The first-order chi connectivity index (χ1) is 13.0. The number of rotatable bonds is 10. The SMILES string of the molecule is CCCN(CC(=O)O)C(C)C(=O)Nc1ccc(OCc2ccccc2)cc1.Cl. The molecule has 28 heavy (non-hydrogen) atoms. The number of amides is 1. The lowest BCUT2D eigenvalue weighted by Gasteiger charge is -2.26. The first-order valence-corrected chi connectivity index (χ1v) is 9.03. The number of hydrogen-bond acceptors (Lipinski definition) is 4. The number of carbonyl (C=O) groups is 2. The van der Waals surface area contributed by atoms with Gasteiger partial charge in [0, 0.05) is 5.69 Å². The van der Waals surface area contributed by atoms with Gasteiger partial charge in [-0.15, -0.1) is 12.4 Å². The normalized spacial score (nSPS) is 11.4. The highest BCUT2D eigenvalue weighted by Gasteiger charge is 2.22. The second-order valence-electron chi connectivity index (χ2n) is 6.33. The van der Waals surface area contributed by atoms with Crippen LogP contribution in [0.15, 0.2) is 54.6 Å². The van der Waals surface area contributed by atoms with Gasteiger partial charge in [-0.25, -0.2) is 0 Å². The minimum Gasteiger partial charge on any atom is -0.489 e.